The Kier molecular flexibility index (Phi) is 4.89. The topological polar surface area (TPSA) is 60.5 Å². The second kappa shape index (κ2) is 7.29. The van der Waals surface area contributed by atoms with E-state index < -0.39 is 0 Å². The van der Waals surface area contributed by atoms with Crippen LogP contribution in [0, 0.1) is 5.92 Å². The number of hydrogen-bond acceptors (Lipinski definition) is 6. The van der Waals surface area contributed by atoms with E-state index in [2.05, 4.69) is 32.2 Å². The number of nitrogens with one attached hydrogen (secondary N) is 2. The predicted octanol–water partition coefficient (Wildman–Crippen LogP) is 1.91. The summed E-state index contributed by atoms with van der Waals surface area (Å²) in [7, 11) is 0. The SMILES string of the molecule is O=C(C1CNNC1c1cccs1)N1CCN(c2ccc(Cl)cn2)CC1. The Bertz CT molecular complexity index is 715. The van der Waals surface area contributed by atoms with Gasteiger partial charge in [0.15, 0.2) is 0 Å². The normalized spacial score (nSPS) is 23.9. The number of hydrogen-bond donors (Lipinski definition) is 2. The van der Waals surface area contributed by atoms with E-state index in [1.54, 1.807) is 17.5 Å². The van der Waals surface area contributed by atoms with Crippen molar-refractivity contribution in [2.45, 2.75) is 6.04 Å². The molecule has 4 heterocycles. The molecule has 25 heavy (non-hydrogen) atoms. The van der Waals surface area contributed by atoms with Crippen molar-refractivity contribution < 1.29 is 4.79 Å². The summed E-state index contributed by atoms with van der Waals surface area (Å²) in [4.78, 5) is 22.7. The third-order valence-corrected chi connectivity index (χ3v) is 5.95. The van der Waals surface area contributed by atoms with E-state index in [1.807, 2.05) is 23.1 Å². The molecule has 2 aliphatic rings. The predicted molar refractivity (Wildman–Crippen MR) is 99.7 cm³/mol. The molecular formula is C17H20ClN5OS. The monoisotopic (exact) mass is 377 g/mol. The molecule has 2 unspecified atom stereocenters. The van der Waals surface area contributed by atoms with Crippen molar-refractivity contribution in [2.75, 3.05) is 37.6 Å². The summed E-state index contributed by atoms with van der Waals surface area (Å²) in [6.45, 7) is 3.68. The highest BCUT2D eigenvalue weighted by Gasteiger charge is 2.37. The lowest BCUT2D eigenvalue weighted by atomic mass is 9.98. The Morgan fingerprint density at radius 1 is 1.24 bits per heavy atom. The van der Waals surface area contributed by atoms with Crippen molar-refractivity contribution in [3.05, 3.63) is 45.7 Å². The van der Waals surface area contributed by atoms with Crippen LogP contribution in [0.25, 0.3) is 0 Å². The zero-order valence-electron chi connectivity index (χ0n) is 13.7. The first-order valence-electron chi connectivity index (χ1n) is 8.39. The standard InChI is InChI=1S/C17H20ClN5OS/c18-12-3-4-15(19-10-12)22-5-7-23(8-6-22)17(24)13-11-20-21-16(13)14-2-1-9-25-14/h1-4,9-10,13,16,20-21H,5-8,11H2. The number of pyridine rings is 1. The van der Waals surface area contributed by atoms with E-state index in [0.29, 0.717) is 11.6 Å². The number of piperazine rings is 1. The van der Waals surface area contributed by atoms with Crippen LogP contribution in [-0.4, -0.2) is 48.5 Å². The Labute approximate surface area is 155 Å². The van der Waals surface area contributed by atoms with Crippen molar-refractivity contribution in [3.63, 3.8) is 0 Å². The van der Waals surface area contributed by atoms with E-state index in [4.69, 9.17) is 11.6 Å². The van der Waals surface area contributed by atoms with Gasteiger partial charge in [-0.3, -0.25) is 10.2 Å². The lowest BCUT2D eigenvalue weighted by molar-refractivity contribution is -0.135. The molecule has 6 nitrogen and oxygen atoms in total. The Hall–Kier alpha value is -1.67. The minimum atomic E-state index is -0.0566. The van der Waals surface area contributed by atoms with Crippen molar-refractivity contribution in [1.29, 1.82) is 0 Å². The fourth-order valence-corrected chi connectivity index (χ4v) is 4.36. The van der Waals surface area contributed by atoms with Crippen molar-refractivity contribution in [1.82, 2.24) is 20.7 Å². The molecule has 0 saturated carbocycles. The number of hydrazine groups is 1. The molecule has 0 radical (unpaired) electrons. The van der Waals surface area contributed by atoms with Crippen LogP contribution < -0.4 is 15.8 Å². The highest BCUT2D eigenvalue weighted by Crippen LogP contribution is 2.30. The van der Waals surface area contributed by atoms with Gasteiger partial charge in [0.2, 0.25) is 5.91 Å². The molecule has 2 aromatic rings. The van der Waals surface area contributed by atoms with E-state index >= 15 is 0 Å². The molecule has 132 valence electrons. The average Bonchev–Trinajstić information content (AvgIpc) is 3.33. The third kappa shape index (κ3) is 3.50. The van der Waals surface area contributed by atoms with Gasteiger partial charge in [0, 0.05) is 43.8 Å². The maximum atomic E-state index is 13.0. The molecule has 0 aliphatic carbocycles. The van der Waals surface area contributed by atoms with E-state index in [-0.39, 0.29) is 17.9 Å². The molecule has 1 amide bonds. The minimum Gasteiger partial charge on any atom is -0.353 e. The van der Waals surface area contributed by atoms with Gasteiger partial charge in [-0.15, -0.1) is 11.3 Å². The number of rotatable bonds is 3. The third-order valence-electron chi connectivity index (χ3n) is 4.78. The quantitative estimate of drug-likeness (QED) is 0.855. The first-order valence-corrected chi connectivity index (χ1v) is 9.65. The highest BCUT2D eigenvalue weighted by molar-refractivity contribution is 7.10. The highest BCUT2D eigenvalue weighted by atomic mass is 35.5. The van der Waals surface area contributed by atoms with E-state index in [1.165, 1.54) is 4.88 Å². The van der Waals surface area contributed by atoms with Gasteiger partial charge in [0.1, 0.15) is 5.82 Å². The van der Waals surface area contributed by atoms with Gasteiger partial charge < -0.3 is 9.80 Å². The van der Waals surface area contributed by atoms with Crippen LogP contribution in [0.2, 0.25) is 5.02 Å². The largest absolute Gasteiger partial charge is 0.353 e. The summed E-state index contributed by atoms with van der Waals surface area (Å²) in [5.74, 6) is 1.08. The molecular weight excluding hydrogens is 358 g/mol. The summed E-state index contributed by atoms with van der Waals surface area (Å²) in [5, 5.41) is 2.69. The molecule has 2 atom stereocenters. The minimum absolute atomic E-state index is 0.0566. The average molecular weight is 378 g/mol. The van der Waals surface area contributed by atoms with Crippen LogP contribution >= 0.6 is 22.9 Å². The maximum Gasteiger partial charge on any atom is 0.229 e. The lowest BCUT2D eigenvalue weighted by Crippen LogP contribution is -2.51. The van der Waals surface area contributed by atoms with Gasteiger partial charge >= 0.3 is 0 Å². The Morgan fingerprint density at radius 2 is 2.08 bits per heavy atom. The van der Waals surface area contributed by atoms with Crippen LogP contribution in [-0.2, 0) is 4.79 Å². The fraction of sp³-hybridized carbons (Fsp3) is 0.412. The van der Waals surface area contributed by atoms with E-state index in [0.717, 1.165) is 32.0 Å². The van der Waals surface area contributed by atoms with Crippen molar-refractivity contribution >= 4 is 34.7 Å². The summed E-state index contributed by atoms with van der Waals surface area (Å²) in [6, 6.07) is 7.95. The number of aromatic nitrogens is 1. The van der Waals surface area contributed by atoms with Crippen LogP contribution in [0.15, 0.2) is 35.8 Å². The number of carbonyl (C=O) groups is 1. The number of anilines is 1. The number of halogens is 1. The molecule has 4 rings (SSSR count). The summed E-state index contributed by atoms with van der Waals surface area (Å²) < 4.78 is 0. The van der Waals surface area contributed by atoms with Crippen LogP contribution in [0.3, 0.4) is 0 Å². The fourth-order valence-electron chi connectivity index (χ4n) is 3.41. The Morgan fingerprint density at radius 3 is 2.76 bits per heavy atom. The lowest BCUT2D eigenvalue weighted by Gasteiger charge is -2.37. The smallest absolute Gasteiger partial charge is 0.229 e. The molecule has 0 aromatic carbocycles. The number of thiophene rings is 1. The zero-order valence-corrected chi connectivity index (χ0v) is 15.3. The first kappa shape index (κ1) is 16.8. The molecule has 8 heteroatoms. The van der Waals surface area contributed by atoms with Gasteiger partial charge in [-0.05, 0) is 23.6 Å². The van der Waals surface area contributed by atoms with Crippen LogP contribution in [0.4, 0.5) is 5.82 Å². The molecule has 2 aliphatic heterocycles. The molecule has 0 spiro atoms. The second-order valence-corrected chi connectivity index (χ2v) is 7.69. The number of amides is 1. The van der Waals surface area contributed by atoms with Crippen molar-refractivity contribution in [2.24, 2.45) is 5.92 Å². The number of nitrogens with zero attached hydrogens (tertiary/aromatic N) is 3. The molecule has 0 bridgehead atoms. The maximum absolute atomic E-state index is 13.0. The van der Waals surface area contributed by atoms with Gasteiger partial charge in [0.25, 0.3) is 0 Å². The Balaban J connectivity index is 1.38. The van der Waals surface area contributed by atoms with E-state index in [9.17, 15) is 4.79 Å². The van der Waals surface area contributed by atoms with Crippen LogP contribution in [0.1, 0.15) is 10.9 Å². The summed E-state index contributed by atoms with van der Waals surface area (Å²) in [5.41, 5.74) is 6.40. The van der Waals surface area contributed by atoms with Gasteiger partial charge in [-0.25, -0.2) is 10.4 Å². The summed E-state index contributed by atoms with van der Waals surface area (Å²) in [6.07, 6.45) is 1.66. The van der Waals surface area contributed by atoms with Gasteiger partial charge in [0.05, 0.1) is 17.0 Å². The second-order valence-electron chi connectivity index (χ2n) is 6.27. The van der Waals surface area contributed by atoms with Gasteiger partial charge in [-0.2, -0.15) is 0 Å². The molecule has 2 aromatic heterocycles. The summed E-state index contributed by atoms with van der Waals surface area (Å²) >= 11 is 7.59. The first-order chi connectivity index (χ1) is 12.2. The van der Waals surface area contributed by atoms with Crippen LogP contribution in [0.5, 0.6) is 0 Å². The zero-order chi connectivity index (χ0) is 17.2. The van der Waals surface area contributed by atoms with Gasteiger partial charge in [-0.1, -0.05) is 17.7 Å². The molecule has 2 saturated heterocycles. The van der Waals surface area contributed by atoms with Crippen molar-refractivity contribution in [3.8, 4) is 0 Å². The number of carbonyl (C=O) groups excluding carboxylic acids is 1. The molecule has 2 fully saturated rings. The molecule has 2 N–H and O–H groups in total.